The monoisotopic (exact) mass is 435 g/mol. The Kier molecular flexibility index (Phi) is 6.20. The molecular weight excluding hydrogens is 418 g/mol. The zero-order valence-electron chi connectivity index (χ0n) is 14.9. The van der Waals surface area contributed by atoms with Crippen molar-refractivity contribution < 1.29 is 18.3 Å². The number of carbonyl (C=O) groups is 1. The van der Waals surface area contributed by atoms with E-state index in [2.05, 4.69) is 5.32 Å². The van der Waals surface area contributed by atoms with Crippen molar-refractivity contribution in [3.05, 3.63) is 81.7 Å². The van der Waals surface area contributed by atoms with E-state index >= 15 is 0 Å². The number of carbonyl (C=O) groups excluding carboxylic acids is 1. The molecule has 146 valence electrons. The zero-order valence-corrected chi connectivity index (χ0v) is 17.3. The molecule has 0 unspecified atom stereocenters. The van der Waals surface area contributed by atoms with E-state index in [0.29, 0.717) is 21.0 Å². The van der Waals surface area contributed by atoms with Crippen LogP contribution in [0.1, 0.15) is 26.9 Å². The third-order valence-corrected chi connectivity index (χ3v) is 7.86. The van der Waals surface area contributed by atoms with Crippen LogP contribution in [0.15, 0.2) is 69.8 Å². The second-order valence-electron chi connectivity index (χ2n) is 6.17. The number of aliphatic hydroxyl groups excluding tert-OH is 1. The minimum atomic E-state index is -3.73. The molecule has 0 spiro atoms. The Bertz CT molecular complexity index is 1080. The van der Waals surface area contributed by atoms with Crippen molar-refractivity contribution in [3.8, 4) is 0 Å². The van der Waals surface area contributed by atoms with Crippen molar-refractivity contribution in [1.29, 1.82) is 0 Å². The predicted molar refractivity (Wildman–Crippen MR) is 110 cm³/mol. The number of aliphatic hydroxyl groups is 1. The number of benzene rings is 2. The van der Waals surface area contributed by atoms with Crippen molar-refractivity contribution in [2.24, 2.45) is 0 Å². The summed E-state index contributed by atoms with van der Waals surface area (Å²) in [6.45, 7) is 1.71. The smallest absolute Gasteiger partial charge is 0.261 e. The maximum atomic E-state index is 12.8. The van der Waals surface area contributed by atoms with Gasteiger partial charge in [0.25, 0.3) is 5.91 Å². The summed E-state index contributed by atoms with van der Waals surface area (Å²) in [5.41, 5.74) is 1.25. The van der Waals surface area contributed by atoms with Crippen LogP contribution < -0.4 is 5.32 Å². The van der Waals surface area contributed by atoms with Crippen LogP contribution >= 0.6 is 22.9 Å². The largest absolute Gasteiger partial charge is 0.387 e. The molecule has 1 aromatic heterocycles. The Morgan fingerprint density at radius 2 is 1.79 bits per heavy atom. The second kappa shape index (κ2) is 8.45. The molecular formula is C20H18ClNO4S2. The van der Waals surface area contributed by atoms with Crippen LogP contribution in [-0.4, -0.2) is 26.0 Å². The molecule has 0 radical (unpaired) electrons. The van der Waals surface area contributed by atoms with E-state index in [1.807, 2.05) is 6.07 Å². The van der Waals surface area contributed by atoms with Crippen LogP contribution in [0.25, 0.3) is 0 Å². The number of aryl methyl sites for hydroxylation is 1. The highest BCUT2D eigenvalue weighted by Crippen LogP contribution is 2.31. The number of thiophene rings is 1. The number of rotatable bonds is 6. The molecule has 1 heterocycles. The van der Waals surface area contributed by atoms with E-state index in [1.54, 1.807) is 31.2 Å². The van der Waals surface area contributed by atoms with E-state index in [0.717, 1.165) is 11.3 Å². The molecule has 28 heavy (non-hydrogen) atoms. The molecule has 2 aromatic carbocycles. The van der Waals surface area contributed by atoms with Gasteiger partial charge in [-0.05, 0) is 48.4 Å². The molecule has 0 saturated carbocycles. The van der Waals surface area contributed by atoms with Gasteiger partial charge in [-0.1, -0.05) is 41.9 Å². The molecule has 0 bridgehead atoms. The fraction of sp³-hybridized carbons (Fsp3) is 0.150. The van der Waals surface area contributed by atoms with Crippen molar-refractivity contribution in [2.45, 2.75) is 22.1 Å². The standard InChI is InChI=1S/C20H18ClNO4S2/c1-13-11-18(28(25,26)16-9-7-15(21)8-10-16)27-19(13)20(24)22-12-17(23)14-5-3-2-4-6-14/h2-11,17,23H,12H2,1H3,(H,22,24)/t17-/m0/s1. The molecule has 3 rings (SSSR count). The van der Waals surface area contributed by atoms with Crippen molar-refractivity contribution in [1.82, 2.24) is 5.32 Å². The molecule has 0 aliphatic carbocycles. The lowest BCUT2D eigenvalue weighted by atomic mass is 10.1. The fourth-order valence-electron chi connectivity index (χ4n) is 2.60. The number of hydrogen-bond donors (Lipinski definition) is 2. The lowest BCUT2D eigenvalue weighted by molar-refractivity contribution is 0.0920. The SMILES string of the molecule is Cc1cc(S(=O)(=O)c2ccc(Cl)cc2)sc1C(=O)NC[C@H](O)c1ccccc1. The third-order valence-electron chi connectivity index (χ3n) is 4.13. The molecule has 0 aliphatic rings. The van der Waals surface area contributed by atoms with Crippen LogP contribution in [0, 0.1) is 6.92 Å². The van der Waals surface area contributed by atoms with Gasteiger partial charge < -0.3 is 10.4 Å². The number of halogens is 1. The molecule has 5 nitrogen and oxygen atoms in total. The molecule has 1 amide bonds. The van der Waals surface area contributed by atoms with Gasteiger partial charge in [0.05, 0.1) is 15.9 Å². The molecule has 0 aliphatic heterocycles. The summed E-state index contributed by atoms with van der Waals surface area (Å²) in [5, 5.41) is 13.3. The summed E-state index contributed by atoms with van der Waals surface area (Å²) in [5.74, 6) is -0.421. The first-order valence-corrected chi connectivity index (χ1v) is 11.1. The Hall–Kier alpha value is -2.19. The number of sulfone groups is 1. The van der Waals surface area contributed by atoms with E-state index in [9.17, 15) is 18.3 Å². The quantitative estimate of drug-likeness (QED) is 0.612. The number of nitrogens with one attached hydrogen (secondary N) is 1. The average molecular weight is 436 g/mol. The van der Waals surface area contributed by atoms with Gasteiger partial charge in [-0.3, -0.25) is 4.79 Å². The Labute approximate surface area is 172 Å². The third kappa shape index (κ3) is 4.44. The Morgan fingerprint density at radius 3 is 2.43 bits per heavy atom. The molecule has 1 atom stereocenters. The summed E-state index contributed by atoms with van der Waals surface area (Å²) in [6.07, 6.45) is -0.845. The van der Waals surface area contributed by atoms with Gasteiger partial charge in [0, 0.05) is 11.6 Å². The average Bonchev–Trinajstić information content (AvgIpc) is 3.09. The highest BCUT2D eigenvalue weighted by atomic mass is 35.5. The van der Waals surface area contributed by atoms with Crippen LogP contribution in [0.3, 0.4) is 0 Å². The lowest BCUT2D eigenvalue weighted by Crippen LogP contribution is -2.28. The first-order valence-electron chi connectivity index (χ1n) is 8.41. The van der Waals surface area contributed by atoms with Crippen molar-refractivity contribution in [2.75, 3.05) is 6.54 Å². The topological polar surface area (TPSA) is 83.5 Å². The van der Waals surface area contributed by atoms with Gasteiger partial charge in [-0.25, -0.2) is 8.42 Å². The van der Waals surface area contributed by atoms with Crippen LogP contribution in [-0.2, 0) is 9.84 Å². The first kappa shape index (κ1) is 20.5. The van der Waals surface area contributed by atoms with Gasteiger partial charge >= 0.3 is 0 Å². The molecule has 0 saturated heterocycles. The van der Waals surface area contributed by atoms with Crippen LogP contribution in [0.2, 0.25) is 5.02 Å². The van der Waals surface area contributed by atoms with E-state index < -0.39 is 21.8 Å². The maximum absolute atomic E-state index is 12.8. The Morgan fingerprint density at radius 1 is 1.14 bits per heavy atom. The Balaban J connectivity index is 1.76. The highest BCUT2D eigenvalue weighted by Gasteiger charge is 2.24. The van der Waals surface area contributed by atoms with Gasteiger partial charge in [-0.2, -0.15) is 0 Å². The zero-order chi connectivity index (χ0) is 20.3. The number of hydrogen-bond acceptors (Lipinski definition) is 5. The molecule has 0 fully saturated rings. The molecule has 3 aromatic rings. The number of amides is 1. The van der Waals surface area contributed by atoms with Crippen molar-refractivity contribution >= 4 is 38.7 Å². The van der Waals surface area contributed by atoms with Gasteiger partial charge in [0.2, 0.25) is 9.84 Å². The normalized spacial score (nSPS) is 12.5. The summed E-state index contributed by atoms with van der Waals surface area (Å²) < 4.78 is 25.6. The predicted octanol–water partition coefficient (Wildman–Crippen LogP) is 4.01. The van der Waals surface area contributed by atoms with E-state index in [-0.39, 0.29) is 15.6 Å². The molecule has 2 N–H and O–H groups in total. The highest BCUT2D eigenvalue weighted by molar-refractivity contribution is 7.93. The second-order valence-corrected chi connectivity index (χ2v) is 9.84. The summed E-state index contributed by atoms with van der Waals surface area (Å²) in [7, 11) is -3.73. The maximum Gasteiger partial charge on any atom is 0.261 e. The summed E-state index contributed by atoms with van der Waals surface area (Å²) in [4.78, 5) is 12.9. The fourth-order valence-corrected chi connectivity index (χ4v) is 5.59. The molecule has 8 heteroatoms. The van der Waals surface area contributed by atoms with Crippen molar-refractivity contribution in [3.63, 3.8) is 0 Å². The minimum absolute atomic E-state index is 0.0272. The van der Waals surface area contributed by atoms with E-state index in [4.69, 9.17) is 11.6 Å². The van der Waals surface area contributed by atoms with Gasteiger partial charge in [0.1, 0.15) is 4.21 Å². The summed E-state index contributed by atoms with van der Waals surface area (Å²) in [6, 6.07) is 16.3. The van der Waals surface area contributed by atoms with E-state index in [1.165, 1.54) is 30.3 Å². The first-order chi connectivity index (χ1) is 13.3. The van der Waals surface area contributed by atoms with Crippen LogP contribution in [0.4, 0.5) is 0 Å². The lowest BCUT2D eigenvalue weighted by Gasteiger charge is -2.11. The van der Waals surface area contributed by atoms with Crippen LogP contribution in [0.5, 0.6) is 0 Å². The van der Waals surface area contributed by atoms with Gasteiger partial charge in [0.15, 0.2) is 0 Å². The minimum Gasteiger partial charge on any atom is -0.387 e. The van der Waals surface area contributed by atoms with Gasteiger partial charge in [-0.15, -0.1) is 11.3 Å². The summed E-state index contributed by atoms with van der Waals surface area (Å²) >= 11 is 6.72.